The maximum Gasteiger partial charge on any atom is 0.230 e. The molecular formula is C15H32N4O. The zero-order valence-corrected chi connectivity index (χ0v) is 13.7. The first-order valence-corrected chi connectivity index (χ1v) is 7.85. The molecule has 0 spiro atoms. The van der Waals surface area contributed by atoms with Gasteiger partial charge in [-0.3, -0.25) is 9.69 Å². The van der Waals surface area contributed by atoms with E-state index < -0.39 is 0 Å². The number of hydrogen-bond acceptors (Lipinski definition) is 4. The minimum absolute atomic E-state index is 0.261. The molecule has 1 aliphatic heterocycles. The Morgan fingerprint density at radius 3 is 2.10 bits per heavy atom. The van der Waals surface area contributed by atoms with Crippen LogP contribution in [0, 0.1) is 5.41 Å². The summed E-state index contributed by atoms with van der Waals surface area (Å²) in [5.41, 5.74) is 5.54. The Balaban J connectivity index is 2.50. The molecule has 5 heteroatoms. The minimum atomic E-state index is -0.341. The van der Waals surface area contributed by atoms with Gasteiger partial charge in [0.25, 0.3) is 0 Å². The number of nitrogens with zero attached hydrogens (tertiary/aromatic N) is 3. The van der Waals surface area contributed by atoms with E-state index in [2.05, 4.69) is 37.7 Å². The van der Waals surface area contributed by atoms with Gasteiger partial charge in [-0.2, -0.15) is 0 Å². The van der Waals surface area contributed by atoms with Crippen molar-refractivity contribution in [1.29, 1.82) is 0 Å². The van der Waals surface area contributed by atoms with E-state index in [0.29, 0.717) is 6.54 Å². The third-order valence-corrected chi connectivity index (χ3v) is 4.72. The lowest BCUT2D eigenvalue weighted by Crippen LogP contribution is -2.55. The van der Waals surface area contributed by atoms with Crippen LogP contribution < -0.4 is 5.73 Å². The van der Waals surface area contributed by atoms with Crippen LogP contribution in [0.25, 0.3) is 0 Å². The van der Waals surface area contributed by atoms with Crippen LogP contribution in [0.1, 0.15) is 26.7 Å². The van der Waals surface area contributed by atoms with Crippen LogP contribution in [0.2, 0.25) is 0 Å². The van der Waals surface area contributed by atoms with Crippen LogP contribution in [0.15, 0.2) is 0 Å². The molecule has 0 unspecified atom stereocenters. The summed E-state index contributed by atoms with van der Waals surface area (Å²) < 4.78 is 0. The number of carbonyl (C=O) groups excluding carboxylic acids is 1. The standard InChI is InChI=1S/C15H32N4O/c1-5-15(6-2,13-16)14(20)19-11-9-18(10-12-19)8-7-17(3)4/h5-13,16H2,1-4H3. The second-order valence-electron chi connectivity index (χ2n) is 6.13. The van der Waals surface area contributed by atoms with Gasteiger partial charge in [0.1, 0.15) is 0 Å². The van der Waals surface area contributed by atoms with Crippen molar-refractivity contribution in [2.24, 2.45) is 11.1 Å². The molecule has 118 valence electrons. The van der Waals surface area contributed by atoms with Gasteiger partial charge in [0.2, 0.25) is 5.91 Å². The molecule has 0 aromatic carbocycles. The number of nitrogens with two attached hydrogens (primary N) is 1. The van der Waals surface area contributed by atoms with Crippen LogP contribution in [-0.4, -0.2) is 80.5 Å². The molecule has 1 amide bonds. The number of rotatable bonds is 7. The molecule has 0 aromatic heterocycles. The van der Waals surface area contributed by atoms with Gasteiger partial charge in [-0.05, 0) is 26.9 Å². The smallest absolute Gasteiger partial charge is 0.230 e. The number of hydrogen-bond donors (Lipinski definition) is 1. The summed E-state index contributed by atoms with van der Waals surface area (Å²) in [4.78, 5) is 19.4. The highest BCUT2D eigenvalue weighted by Gasteiger charge is 2.37. The van der Waals surface area contributed by atoms with E-state index in [1.165, 1.54) is 0 Å². The van der Waals surface area contributed by atoms with Crippen molar-refractivity contribution >= 4 is 5.91 Å². The predicted molar refractivity (Wildman–Crippen MR) is 83.6 cm³/mol. The van der Waals surface area contributed by atoms with Gasteiger partial charge in [-0.25, -0.2) is 0 Å². The summed E-state index contributed by atoms with van der Waals surface area (Å²) >= 11 is 0. The van der Waals surface area contributed by atoms with Gasteiger partial charge in [0, 0.05) is 45.8 Å². The van der Waals surface area contributed by atoms with Gasteiger partial charge in [-0.15, -0.1) is 0 Å². The number of likely N-dealkylation sites (N-methyl/N-ethyl adjacent to an activating group) is 1. The molecule has 0 bridgehead atoms. The van der Waals surface area contributed by atoms with E-state index in [9.17, 15) is 4.79 Å². The Kier molecular flexibility index (Phi) is 6.92. The summed E-state index contributed by atoms with van der Waals surface area (Å²) in [6.07, 6.45) is 1.67. The molecule has 0 aromatic rings. The van der Waals surface area contributed by atoms with E-state index in [0.717, 1.165) is 52.1 Å². The fraction of sp³-hybridized carbons (Fsp3) is 0.933. The Morgan fingerprint density at radius 1 is 1.15 bits per heavy atom. The third-order valence-electron chi connectivity index (χ3n) is 4.72. The molecule has 1 aliphatic rings. The molecule has 0 atom stereocenters. The molecule has 0 aliphatic carbocycles. The van der Waals surface area contributed by atoms with Crippen LogP contribution in [-0.2, 0) is 4.79 Å². The summed E-state index contributed by atoms with van der Waals surface area (Å²) in [5.74, 6) is 0.261. The van der Waals surface area contributed by atoms with Crippen LogP contribution in [0.3, 0.4) is 0 Å². The Labute approximate surface area is 124 Å². The molecule has 5 nitrogen and oxygen atoms in total. The first-order valence-electron chi connectivity index (χ1n) is 7.85. The Morgan fingerprint density at radius 2 is 1.70 bits per heavy atom. The van der Waals surface area contributed by atoms with Crippen molar-refractivity contribution < 1.29 is 4.79 Å². The first-order chi connectivity index (χ1) is 9.49. The Bertz CT molecular complexity index is 286. The van der Waals surface area contributed by atoms with E-state index in [-0.39, 0.29) is 11.3 Å². The zero-order chi connectivity index (χ0) is 15.2. The third kappa shape index (κ3) is 4.17. The van der Waals surface area contributed by atoms with Crippen molar-refractivity contribution in [3.05, 3.63) is 0 Å². The monoisotopic (exact) mass is 284 g/mol. The summed E-state index contributed by atoms with van der Waals surface area (Å²) in [6.45, 7) is 10.4. The van der Waals surface area contributed by atoms with Crippen LogP contribution in [0.5, 0.6) is 0 Å². The molecule has 1 heterocycles. The largest absolute Gasteiger partial charge is 0.340 e. The van der Waals surface area contributed by atoms with Gasteiger partial charge >= 0.3 is 0 Å². The van der Waals surface area contributed by atoms with E-state index in [1.54, 1.807) is 0 Å². The maximum atomic E-state index is 12.7. The van der Waals surface area contributed by atoms with Crippen molar-refractivity contribution in [3.63, 3.8) is 0 Å². The van der Waals surface area contributed by atoms with Crippen molar-refractivity contribution in [3.8, 4) is 0 Å². The normalized spacial score (nSPS) is 17.8. The SMILES string of the molecule is CCC(CC)(CN)C(=O)N1CCN(CCN(C)C)CC1. The number of carbonyl (C=O) groups is 1. The lowest BCUT2D eigenvalue weighted by atomic mass is 9.81. The highest BCUT2D eigenvalue weighted by atomic mass is 16.2. The molecule has 1 fully saturated rings. The quantitative estimate of drug-likeness (QED) is 0.738. The molecule has 1 saturated heterocycles. The maximum absolute atomic E-state index is 12.7. The van der Waals surface area contributed by atoms with Gasteiger partial charge in [0.15, 0.2) is 0 Å². The molecule has 0 saturated carbocycles. The first kappa shape index (κ1) is 17.4. The van der Waals surface area contributed by atoms with E-state index >= 15 is 0 Å². The van der Waals surface area contributed by atoms with Crippen molar-refractivity contribution in [2.45, 2.75) is 26.7 Å². The predicted octanol–water partition coefficient (Wildman–Crippen LogP) is 0.457. The summed E-state index contributed by atoms with van der Waals surface area (Å²) in [5, 5.41) is 0. The highest BCUT2D eigenvalue weighted by Crippen LogP contribution is 2.28. The van der Waals surface area contributed by atoms with Crippen molar-refractivity contribution in [1.82, 2.24) is 14.7 Å². The Hall–Kier alpha value is -0.650. The van der Waals surface area contributed by atoms with Crippen molar-refractivity contribution in [2.75, 3.05) is 59.9 Å². The van der Waals surface area contributed by atoms with E-state index in [4.69, 9.17) is 5.73 Å². The lowest BCUT2D eigenvalue weighted by Gasteiger charge is -2.40. The molecule has 0 radical (unpaired) electrons. The average Bonchev–Trinajstić information content (AvgIpc) is 2.48. The number of piperazine rings is 1. The molecular weight excluding hydrogens is 252 g/mol. The van der Waals surface area contributed by atoms with Crippen LogP contribution >= 0.6 is 0 Å². The lowest BCUT2D eigenvalue weighted by molar-refractivity contribution is -0.144. The van der Waals surface area contributed by atoms with Crippen LogP contribution in [0.4, 0.5) is 0 Å². The zero-order valence-electron chi connectivity index (χ0n) is 13.7. The molecule has 20 heavy (non-hydrogen) atoms. The topological polar surface area (TPSA) is 52.8 Å². The fourth-order valence-electron chi connectivity index (χ4n) is 2.78. The minimum Gasteiger partial charge on any atom is -0.340 e. The molecule has 1 rings (SSSR count). The second kappa shape index (κ2) is 7.96. The fourth-order valence-corrected chi connectivity index (χ4v) is 2.78. The van der Waals surface area contributed by atoms with Gasteiger partial charge in [-0.1, -0.05) is 13.8 Å². The highest BCUT2D eigenvalue weighted by molar-refractivity contribution is 5.83. The second-order valence-corrected chi connectivity index (χ2v) is 6.13. The summed E-state index contributed by atoms with van der Waals surface area (Å²) in [7, 11) is 4.19. The van der Waals surface area contributed by atoms with Gasteiger partial charge < -0.3 is 15.5 Å². The number of amides is 1. The van der Waals surface area contributed by atoms with Gasteiger partial charge in [0.05, 0.1) is 5.41 Å². The summed E-state index contributed by atoms with van der Waals surface area (Å²) in [6, 6.07) is 0. The average molecular weight is 284 g/mol. The van der Waals surface area contributed by atoms with E-state index in [1.807, 2.05) is 4.90 Å². The molecule has 2 N–H and O–H groups in total.